The molecule has 0 saturated carbocycles. The molecule has 19 heavy (non-hydrogen) atoms. The highest BCUT2D eigenvalue weighted by molar-refractivity contribution is 7.17. The Morgan fingerprint density at radius 3 is 2.58 bits per heavy atom. The van der Waals surface area contributed by atoms with E-state index in [2.05, 4.69) is 4.98 Å². The van der Waals surface area contributed by atoms with Crippen LogP contribution in [0, 0.1) is 11.6 Å². The van der Waals surface area contributed by atoms with Crippen molar-refractivity contribution in [1.82, 2.24) is 4.98 Å². The molecule has 0 bridgehead atoms. The van der Waals surface area contributed by atoms with Crippen LogP contribution in [0.15, 0.2) is 18.2 Å². The van der Waals surface area contributed by atoms with Gasteiger partial charge in [-0.1, -0.05) is 13.8 Å². The summed E-state index contributed by atoms with van der Waals surface area (Å²) in [5.41, 5.74) is 0.371. The lowest BCUT2D eigenvalue weighted by molar-refractivity contribution is 0.0700. The molecule has 0 aliphatic carbocycles. The summed E-state index contributed by atoms with van der Waals surface area (Å²) in [7, 11) is 0. The second-order valence-electron chi connectivity index (χ2n) is 4.32. The number of benzene rings is 1. The van der Waals surface area contributed by atoms with Gasteiger partial charge in [0.05, 0.1) is 5.69 Å². The van der Waals surface area contributed by atoms with Crippen molar-refractivity contribution in [2.45, 2.75) is 19.8 Å². The first kappa shape index (κ1) is 13.6. The van der Waals surface area contributed by atoms with E-state index in [4.69, 9.17) is 5.11 Å². The monoisotopic (exact) mass is 283 g/mol. The minimum absolute atomic E-state index is 0.0144. The Morgan fingerprint density at radius 1 is 1.37 bits per heavy atom. The van der Waals surface area contributed by atoms with Gasteiger partial charge in [-0.2, -0.15) is 0 Å². The summed E-state index contributed by atoms with van der Waals surface area (Å²) >= 11 is 0.855. The molecule has 2 rings (SSSR count). The first-order valence-corrected chi connectivity index (χ1v) is 6.41. The summed E-state index contributed by atoms with van der Waals surface area (Å²) in [5.74, 6) is -2.42. The predicted molar refractivity (Wildman–Crippen MR) is 68.5 cm³/mol. The van der Waals surface area contributed by atoms with Gasteiger partial charge in [0.25, 0.3) is 0 Å². The molecular formula is C13H11F2NO2S. The normalized spacial score (nSPS) is 11.0. The predicted octanol–water partition coefficient (Wildman–Crippen LogP) is 3.91. The Morgan fingerprint density at radius 2 is 2.05 bits per heavy atom. The molecule has 100 valence electrons. The summed E-state index contributed by atoms with van der Waals surface area (Å²) in [6, 6.07) is 3.03. The van der Waals surface area contributed by atoms with Crippen LogP contribution in [-0.2, 0) is 0 Å². The molecule has 1 aromatic heterocycles. The fraction of sp³-hybridized carbons (Fsp3) is 0.231. The van der Waals surface area contributed by atoms with Crippen molar-refractivity contribution in [3.8, 4) is 10.6 Å². The number of halogens is 2. The van der Waals surface area contributed by atoms with Gasteiger partial charge in [0.2, 0.25) is 0 Å². The van der Waals surface area contributed by atoms with Crippen LogP contribution < -0.4 is 0 Å². The molecule has 0 spiro atoms. The van der Waals surface area contributed by atoms with Gasteiger partial charge in [-0.25, -0.2) is 18.6 Å². The molecule has 3 nitrogen and oxygen atoms in total. The summed E-state index contributed by atoms with van der Waals surface area (Å²) in [6.07, 6.45) is 0. The summed E-state index contributed by atoms with van der Waals surface area (Å²) in [5, 5.41) is 9.28. The van der Waals surface area contributed by atoms with E-state index < -0.39 is 17.6 Å². The lowest BCUT2D eigenvalue weighted by Crippen LogP contribution is -2.00. The molecule has 0 aliphatic rings. The first-order chi connectivity index (χ1) is 8.90. The molecule has 0 radical (unpaired) electrons. The molecule has 0 saturated heterocycles. The van der Waals surface area contributed by atoms with Crippen LogP contribution in [-0.4, -0.2) is 16.1 Å². The van der Waals surface area contributed by atoms with Gasteiger partial charge >= 0.3 is 5.97 Å². The number of nitrogens with zero attached hydrogens (tertiary/aromatic N) is 1. The summed E-state index contributed by atoms with van der Waals surface area (Å²) < 4.78 is 26.8. The second kappa shape index (κ2) is 5.05. The van der Waals surface area contributed by atoms with Crippen molar-refractivity contribution in [1.29, 1.82) is 0 Å². The smallest absolute Gasteiger partial charge is 0.347 e. The van der Waals surface area contributed by atoms with Gasteiger partial charge in [-0.3, -0.25) is 0 Å². The van der Waals surface area contributed by atoms with Crippen LogP contribution >= 0.6 is 11.3 Å². The first-order valence-electron chi connectivity index (χ1n) is 5.59. The Labute approximate surface area is 112 Å². The average Bonchev–Trinajstić information content (AvgIpc) is 2.77. The van der Waals surface area contributed by atoms with Gasteiger partial charge in [0.1, 0.15) is 21.5 Å². The van der Waals surface area contributed by atoms with Gasteiger partial charge < -0.3 is 5.11 Å². The standard InChI is InChI=1S/C13H11F2NO2S/c1-6(2)10-11(13(17)18)19-12(16-10)8-5-7(14)3-4-9(8)15/h3-6H,1-2H3,(H,17,18). The molecule has 0 unspecified atom stereocenters. The zero-order chi connectivity index (χ0) is 14.2. The van der Waals surface area contributed by atoms with Crippen LogP contribution in [0.5, 0.6) is 0 Å². The Bertz CT molecular complexity index is 638. The maximum Gasteiger partial charge on any atom is 0.347 e. The number of aromatic carboxylic acids is 1. The number of aromatic nitrogens is 1. The maximum atomic E-state index is 13.7. The summed E-state index contributed by atoms with van der Waals surface area (Å²) in [4.78, 5) is 15.3. The fourth-order valence-electron chi connectivity index (χ4n) is 1.65. The molecule has 0 amide bonds. The third kappa shape index (κ3) is 2.63. The third-order valence-electron chi connectivity index (χ3n) is 2.55. The van der Waals surface area contributed by atoms with Crippen molar-refractivity contribution in [3.63, 3.8) is 0 Å². The van der Waals surface area contributed by atoms with Crippen LogP contribution in [0.25, 0.3) is 10.6 Å². The van der Waals surface area contributed by atoms with E-state index >= 15 is 0 Å². The highest BCUT2D eigenvalue weighted by Crippen LogP contribution is 2.33. The molecule has 6 heteroatoms. The SMILES string of the molecule is CC(C)c1nc(-c2cc(F)ccc2F)sc1C(=O)O. The molecule has 0 fully saturated rings. The van der Waals surface area contributed by atoms with E-state index in [1.54, 1.807) is 13.8 Å². The van der Waals surface area contributed by atoms with E-state index in [1.165, 1.54) is 0 Å². The van der Waals surface area contributed by atoms with E-state index in [1.807, 2.05) is 0 Å². The summed E-state index contributed by atoms with van der Waals surface area (Å²) in [6.45, 7) is 3.60. The third-order valence-corrected chi connectivity index (χ3v) is 3.65. The van der Waals surface area contributed by atoms with Crippen LogP contribution in [0.4, 0.5) is 8.78 Å². The topological polar surface area (TPSA) is 50.2 Å². The lowest BCUT2D eigenvalue weighted by Gasteiger charge is -2.01. The van der Waals surface area contributed by atoms with Crippen LogP contribution in [0.3, 0.4) is 0 Å². The number of carboxylic acids is 1. The number of hydrogen-bond donors (Lipinski definition) is 1. The van der Waals surface area contributed by atoms with Crippen molar-refractivity contribution < 1.29 is 18.7 Å². The zero-order valence-corrected chi connectivity index (χ0v) is 11.1. The molecule has 2 aromatic rings. The van der Waals surface area contributed by atoms with Gasteiger partial charge in [-0.15, -0.1) is 11.3 Å². The number of hydrogen-bond acceptors (Lipinski definition) is 3. The highest BCUT2D eigenvalue weighted by atomic mass is 32.1. The second-order valence-corrected chi connectivity index (χ2v) is 5.32. The zero-order valence-electron chi connectivity index (χ0n) is 10.3. The molecule has 0 atom stereocenters. The molecular weight excluding hydrogens is 272 g/mol. The van der Waals surface area contributed by atoms with Crippen LogP contribution in [0.1, 0.15) is 35.1 Å². The van der Waals surface area contributed by atoms with Crippen molar-refractivity contribution >= 4 is 17.3 Å². The van der Waals surface area contributed by atoms with Crippen molar-refractivity contribution in [3.05, 3.63) is 40.4 Å². The largest absolute Gasteiger partial charge is 0.477 e. The van der Waals surface area contributed by atoms with Gasteiger partial charge in [0.15, 0.2) is 0 Å². The van der Waals surface area contributed by atoms with Crippen LogP contribution in [0.2, 0.25) is 0 Å². The lowest BCUT2D eigenvalue weighted by atomic mass is 10.1. The van der Waals surface area contributed by atoms with Crippen molar-refractivity contribution in [2.75, 3.05) is 0 Å². The number of carboxylic acid groups (broad SMARTS) is 1. The molecule has 0 aliphatic heterocycles. The van der Waals surface area contributed by atoms with E-state index in [9.17, 15) is 13.6 Å². The minimum Gasteiger partial charge on any atom is -0.477 e. The number of thiazole rings is 1. The molecule has 1 heterocycles. The Balaban J connectivity index is 2.60. The number of carbonyl (C=O) groups is 1. The Hall–Kier alpha value is -1.82. The average molecular weight is 283 g/mol. The minimum atomic E-state index is -1.11. The Kier molecular flexibility index (Phi) is 3.61. The quantitative estimate of drug-likeness (QED) is 0.929. The maximum absolute atomic E-state index is 13.7. The fourth-order valence-corrected chi connectivity index (χ4v) is 2.73. The van der Waals surface area contributed by atoms with Gasteiger partial charge in [-0.05, 0) is 24.1 Å². The van der Waals surface area contributed by atoms with Crippen molar-refractivity contribution in [2.24, 2.45) is 0 Å². The van der Waals surface area contributed by atoms with E-state index in [0.717, 1.165) is 29.5 Å². The number of rotatable bonds is 3. The molecule has 1 aromatic carbocycles. The van der Waals surface area contributed by atoms with E-state index in [-0.39, 0.29) is 21.4 Å². The van der Waals surface area contributed by atoms with E-state index in [0.29, 0.717) is 5.69 Å². The highest BCUT2D eigenvalue weighted by Gasteiger charge is 2.21. The molecule has 1 N–H and O–H groups in total. The van der Waals surface area contributed by atoms with Gasteiger partial charge in [0, 0.05) is 5.56 Å².